The third kappa shape index (κ3) is 4.79. The zero-order chi connectivity index (χ0) is 21.8. The number of benzene rings is 3. The fourth-order valence-corrected chi connectivity index (χ4v) is 4.76. The van der Waals surface area contributed by atoms with E-state index in [0.29, 0.717) is 17.7 Å². The molecule has 0 aliphatic carbocycles. The quantitative estimate of drug-likeness (QED) is 0.281. The van der Waals surface area contributed by atoms with E-state index in [1.54, 1.807) is 12.1 Å². The first-order valence-electron chi connectivity index (χ1n) is 10.3. The molecule has 5 heteroatoms. The Kier molecular flexibility index (Phi) is 6.35. The number of nitrogens with zero attached hydrogens (tertiary/aromatic N) is 1. The maximum absolute atomic E-state index is 13.5. The summed E-state index contributed by atoms with van der Waals surface area (Å²) in [5.74, 6) is 0.928. The predicted octanol–water partition coefficient (Wildman–Crippen LogP) is 5.84. The molecule has 0 amide bonds. The van der Waals surface area contributed by atoms with Gasteiger partial charge in [-0.3, -0.25) is 4.79 Å². The van der Waals surface area contributed by atoms with E-state index in [1.165, 1.54) is 11.3 Å². The Morgan fingerprint density at radius 2 is 1.74 bits per heavy atom. The van der Waals surface area contributed by atoms with Crippen molar-refractivity contribution in [3.8, 4) is 21.9 Å². The molecule has 1 N–H and O–H groups in total. The number of phenolic OH excluding ortho intramolecular Hbond substituents is 1. The molecule has 158 valence electrons. The van der Waals surface area contributed by atoms with Crippen LogP contribution in [0.4, 0.5) is 0 Å². The summed E-state index contributed by atoms with van der Waals surface area (Å²) < 4.78 is 6.69. The molecule has 0 unspecified atom stereocenters. The molecule has 0 fully saturated rings. The highest BCUT2D eigenvalue weighted by Crippen LogP contribution is 2.41. The van der Waals surface area contributed by atoms with Gasteiger partial charge in [-0.1, -0.05) is 30.3 Å². The highest BCUT2D eigenvalue weighted by atomic mass is 32.1. The average molecular weight is 432 g/mol. The third-order valence-electron chi connectivity index (χ3n) is 5.07. The lowest BCUT2D eigenvalue weighted by Crippen LogP contribution is -2.15. The fraction of sp³-hybridized carbons (Fsp3) is 0.192. The van der Waals surface area contributed by atoms with Crippen LogP contribution in [0.1, 0.15) is 22.3 Å². The van der Waals surface area contributed by atoms with Crippen LogP contribution in [0.3, 0.4) is 0 Å². The maximum Gasteiger partial charge on any atom is 0.195 e. The summed E-state index contributed by atoms with van der Waals surface area (Å²) in [6.45, 7) is 1.61. The Morgan fingerprint density at radius 1 is 1.00 bits per heavy atom. The maximum atomic E-state index is 13.5. The highest BCUT2D eigenvalue weighted by molar-refractivity contribution is 7.22. The summed E-state index contributed by atoms with van der Waals surface area (Å²) in [4.78, 5) is 16.6. The van der Waals surface area contributed by atoms with E-state index in [0.717, 1.165) is 39.2 Å². The number of ether oxygens (including phenoxy) is 1. The summed E-state index contributed by atoms with van der Waals surface area (Å²) in [5, 5.41) is 10.8. The van der Waals surface area contributed by atoms with Crippen molar-refractivity contribution in [3.63, 3.8) is 0 Å². The molecule has 0 aliphatic rings. The zero-order valence-corrected chi connectivity index (χ0v) is 18.5. The minimum atomic E-state index is -0.0325. The number of ketones is 1. The molecule has 0 saturated carbocycles. The normalized spacial score (nSPS) is 11.2. The summed E-state index contributed by atoms with van der Waals surface area (Å²) in [5.41, 5.74) is 2.28. The number of hydrogen-bond acceptors (Lipinski definition) is 5. The van der Waals surface area contributed by atoms with Gasteiger partial charge in [0.2, 0.25) is 0 Å². The van der Waals surface area contributed by atoms with Crippen LogP contribution in [0.15, 0.2) is 72.8 Å². The van der Waals surface area contributed by atoms with Gasteiger partial charge in [-0.15, -0.1) is 11.3 Å². The Labute approximate surface area is 186 Å². The van der Waals surface area contributed by atoms with Gasteiger partial charge in [-0.25, -0.2) is 0 Å². The zero-order valence-electron chi connectivity index (χ0n) is 17.7. The molecule has 31 heavy (non-hydrogen) atoms. The van der Waals surface area contributed by atoms with Crippen LogP contribution in [-0.4, -0.2) is 43.0 Å². The van der Waals surface area contributed by atoms with E-state index in [1.807, 2.05) is 74.8 Å². The van der Waals surface area contributed by atoms with Crippen LogP contribution in [-0.2, 0) is 0 Å². The van der Waals surface area contributed by atoms with Crippen molar-refractivity contribution in [2.24, 2.45) is 0 Å². The summed E-state index contributed by atoms with van der Waals surface area (Å²) >= 11 is 1.52. The van der Waals surface area contributed by atoms with Gasteiger partial charge in [-0.2, -0.15) is 0 Å². The summed E-state index contributed by atoms with van der Waals surface area (Å²) in [6, 6.07) is 22.4. The van der Waals surface area contributed by atoms with E-state index >= 15 is 0 Å². The van der Waals surface area contributed by atoms with Crippen LogP contribution in [0.2, 0.25) is 0 Å². The molecule has 4 nitrogen and oxygen atoms in total. The Hall–Kier alpha value is -3.15. The van der Waals surface area contributed by atoms with Gasteiger partial charge in [0.1, 0.15) is 11.5 Å². The number of carbonyl (C=O) groups excluding carboxylic acids is 1. The standard InChI is InChI=1S/C26H25NO3S/c1-27(2)15-6-16-30-21-12-9-18(10-13-21)25(29)24-22-14-11-20(28)17-23(22)31-26(24)19-7-4-3-5-8-19/h3-5,7-14,17,28H,6,15-16H2,1-2H3. The lowest BCUT2D eigenvalue weighted by Gasteiger charge is -2.11. The van der Waals surface area contributed by atoms with Crippen molar-refractivity contribution in [3.05, 3.63) is 83.9 Å². The second kappa shape index (κ2) is 9.33. The van der Waals surface area contributed by atoms with E-state index in [2.05, 4.69) is 4.90 Å². The topological polar surface area (TPSA) is 49.8 Å². The molecule has 0 spiro atoms. The van der Waals surface area contributed by atoms with Crippen LogP contribution >= 0.6 is 11.3 Å². The molecular formula is C26H25NO3S. The molecule has 4 aromatic rings. The lowest BCUT2D eigenvalue weighted by atomic mass is 9.97. The van der Waals surface area contributed by atoms with Gasteiger partial charge >= 0.3 is 0 Å². The summed E-state index contributed by atoms with van der Waals surface area (Å²) in [6.07, 6.45) is 0.946. The molecular weight excluding hydrogens is 406 g/mol. The first-order chi connectivity index (χ1) is 15.0. The number of rotatable bonds is 8. The van der Waals surface area contributed by atoms with Crippen molar-refractivity contribution in [1.82, 2.24) is 4.90 Å². The number of phenols is 1. The van der Waals surface area contributed by atoms with Gasteiger partial charge in [0.25, 0.3) is 0 Å². The second-order valence-corrected chi connectivity index (χ2v) is 8.76. The molecule has 1 heterocycles. The van der Waals surface area contributed by atoms with Crippen molar-refractivity contribution in [1.29, 1.82) is 0 Å². The first-order valence-corrected chi connectivity index (χ1v) is 11.1. The molecule has 3 aromatic carbocycles. The van der Waals surface area contributed by atoms with Crippen molar-refractivity contribution in [2.75, 3.05) is 27.2 Å². The van der Waals surface area contributed by atoms with E-state index in [4.69, 9.17) is 4.74 Å². The van der Waals surface area contributed by atoms with E-state index in [-0.39, 0.29) is 11.5 Å². The largest absolute Gasteiger partial charge is 0.508 e. The molecule has 4 rings (SSSR count). The molecule has 0 aliphatic heterocycles. The highest BCUT2D eigenvalue weighted by Gasteiger charge is 2.21. The fourth-order valence-electron chi connectivity index (χ4n) is 3.52. The first kappa shape index (κ1) is 21.1. The van der Waals surface area contributed by atoms with Gasteiger partial charge in [0.15, 0.2) is 5.78 Å². The number of aromatic hydroxyl groups is 1. The molecule has 0 saturated heterocycles. The van der Waals surface area contributed by atoms with Crippen molar-refractivity contribution >= 4 is 27.2 Å². The Bertz CT molecular complexity index is 1180. The van der Waals surface area contributed by atoms with Gasteiger partial charge in [0, 0.05) is 32.6 Å². The number of hydrogen-bond donors (Lipinski definition) is 1. The van der Waals surface area contributed by atoms with Gasteiger partial charge in [0.05, 0.1) is 6.61 Å². The number of carbonyl (C=O) groups is 1. The van der Waals surface area contributed by atoms with Crippen LogP contribution in [0.25, 0.3) is 20.5 Å². The van der Waals surface area contributed by atoms with Crippen LogP contribution in [0, 0.1) is 0 Å². The van der Waals surface area contributed by atoms with Crippen LogP contribution < -0.4 is 4.74 Å². The number of fused-ring (bicyclic) bond motifs is 1. The number of thiophene rings is 1. The second-order valence-electron chi connectivity index (χ2n) is 7.71. The van der Waals surface area contributed by atoms with Crippen molar-refractivity contribution < 1.29 is 14.6 Å². The molecule has 0 atom stereocenters. The average Bonchev–Trinajstić information content (AvgIpc) is 3.15. The van der Waals surface area contributed by atoms with Crippen LogP contribution in [0.5, 0.6) is 11.5 Å². The minimum absolute atomic E-state index is 0.0325. The van der Waals surface area contributed by atoms with E-state index in [9.17, 15) is 9.90 Å². The smallest absolute Gasteiger partial charge is 0.195 e. The molecule has 0 bridgehead atoms. The minimum Gasteiger partial charge on any atom is -0.508 e. The Balaban J connectivity index is 1.64. The lowest BCUT2D eigenvalue weighted by molar-refractivity contribution is 0.104. The monoisotopic (exact) mass is 431 g/mol. The molecule has 0 radical (unpaired) electrons. The Morgan fingerprint density at radius 3 is 2.45 bits per heavy atom. The SMILES string of the molecule is CN(C)CCCOc1ccc(C(=O)c2c(-c3ccccc3)sc3cc(O)ccc23)cc1. The van der Waals surface area contributed by atoms with Gasteiger partial charge < -0.3 is 14.7 Å². The summed E-state index contributed by atoms with van der Waals surface area (Å²) in [7, 11) is 4.08. The van der Waals surface area contributed by atoms with Gasteiger partial charge in [-0.05, 0) is 68.5 Å². The third-order valence-corrected chi connectivity index (χ3v) is 6.27. The van der Waals surface area contributed by atoms with E-state index < -0.39 is 0 Å². The molecule has 1 aromatic heterocycles. The predicted molar refractivity (Wildman–Crippen MR) is 127 cm³/mol. The van der Waals surface area contributed by atoms with Crippen molar-refractivity contribution in [2.45, 2.75) is 6.42 Å².